The van der Waals surface area contributed by atoms with Gasteiger partial charge < -0.3 is 19.8 Å². The van der Waals surface area contributed by atoms with Gasteiger partial charge in [-0.15, -0.1) is 0 Å². The molecule has 1 amide bonds. The molecule has 2 N–H and O–H groups in total. The van der Waals surface area contributed by atoms with Crippen molar-refractivity contribution in [2.45, 2.75) is 37.4 Å². The van der Waals surface area contributed by atoms with Gasteiger partial charge in [-0.1, -0.05) is 0 Å². The van der Waals surface area contributed by atoms with Crippen LogP contribution >= 0.6 is 0 Å². The van der Waals surface area contributed by atoms with Crippen LogP contribution in [0.1, 0.15) is 35.4 Å². The highest BCUT2D eigenvalue weighted by molar-refractivity contribution is 5.94. The molecule has 3 atom stereocenters. The number of rotatable bonds is 4. The van der Waals surface area contributed by atoms with Crippen molar-refractivity contribution in [3.05, 3.63) is 41.8 Å². The Morgan fingerprint density at radius 1 is 1.38 bits per heavy atom. The highest BCUT2D eigenvalue weighted by Crippen LogP contribution is 2.28. The molecule has 7 nitrogen and oxygen atoms in total. The van der Waals surface area contributed by atoms with Crippen LogP contribution in [0.5, 0.6) is 11.8 Å². The molecule has 1 aromatic heterocycles. The SMILES string of the molecule is N#Cc1cnc(Oc2ccc(C(=O)NC3CC4CCC3N4)cc2)o1. The van der Waals surface area contributed by atoms with Crippen LogP contribution in [-0.2, 0) is 0 Å². The molecule has 4 rings (SSSR count). The van der Waals surface area contributed by atoms with Crippen LogP contribution < -0.4 is 15.4 Å². The number of hydrogen-bond acceptors (Lipinski definition) is 6. The molecule has 2 aliphatic heterocycles. The van der Waals surface area contributed by atoms with Crippen molar-refractivity contribution in [3.63, 3.8) is 0 Å². The van der Waals surface area contributed by atoms with E-state index in [1.807, 2.05) is 6.07 Å². The highest BCUT2D eigenvalue weighted by Gasteiger charge is 2.39. The van der Waals surface area contributed by atoms with Gasteiger partial charge in [-0.3, -0.25) is 4.79 Å². The maximum atomic E-state index is 12.3. The Morgan fingerprint density at radius 3 is 2.83 bits per heavy atom. The lowest BCUT2D eigenvalue weighted by Crippen LogP contribution is -2.42. The maximum absolute atomic E-state index is 12.3. The van der Waals surface area contributed by atoms with Gasteiger partial charge in [0.25, 0.3) is 5.91 Å². The van der Waals surface area contributed by atoms with E-state index in [2.05, 4.69) is 15.6 Å². The average molecular weight is 324 g/mol. The molecule has 2 aromatic rings. The number of hydrogen-bond donors (Lipinski definition) is 2. The monoisotopic (exact) mass is 324 g/mol. The predicted octanol–water partition coefficient (Wildman–Crippen LogP) is 1.96. The Balaban J connectivity index is 1.38. The molecule has 1 aromatic carbocycles. The fourth-order valence-electron chi connectivity index (χ4n) is 3.37. The summed E-state index contributed by atoms with van der Waals surface area (Å²) in [4.78, 5) is 16.2. The van der Waals surface area contributed by atoms with E-state index < -0.39 is 0 Å². The number of amides is 1. The van der Waals surface area contributed by atoms with Crippen LogP contribution in [0.3, 0.4) is 0 Å². The summed E-state index contributed by atoms with van der Waals surface area (Å²) in [5, 5.41) is 15.3. The lowest BCUT2D eigenvalue weighted by molar-refractivity contribution is 0.0931. The van der Waals surface area contributed by atoms with E-state index in [1.54, 1.807) is 24.3 Å². The molecule has 24 heavy (non-hydrogen) atoms. The normalized spacial score (nSPS) is 24.5. The topological polar surface area (TPSA) is 100 Å². The van der Waals surface area contributed by atoms with Gasteiger partial charge in [-0.25, -0.2) is 0 Å². The van der Waals surface area contributed by atoms with Crippen molar-refractivity contribution < 1.29 is 13.9 Å². The number of benzene rings is 1. The fraction of sp³-hybridized carbons (Fsp3) is 0.353. The number of carbonyl (C=O) groups excluding carboxylic acids is 1. The van der Waals surface area contributed by atoms with Gasteiger partial charge in [0.2, 0.25) is 5.76 Å². The molecule has 7 heteroatoms. The number of nitrogens with zero attached hydrogens (tertiary/aromatic N) is 2. The van der Waals surface area contributed by atoms with Gasteiger partial charge in [-0.05, 0) is 43.5 Å². The van der Waals surface area contributed by atoms with E-state index >= 15 is 0 Å². The van der Waals surface area contributed by atoms with Gasteiger partial charge in [0.05, 0.1) is 6.20 Å². The third-order valence-electron chi connectivity index (χ3n) is 4.53. The molecule has 0 spiro atoms. The Labute approximate surface area is 138 Å². The summed E-state index contributed by atoms with van der Waals surface area (Å²) in [6.45, 7) is 0. The quantitative estimate of drug-likeness (QED) is 0.892. The zero-order valence-electron chi connectivity index (χ0n) is 12.9. The van der Waals surface area contributed by atoms with Crippen molar-refractivity contribution in [2.75, 3.05) is 0 Å². The summed E-state index contributed by atoms with van der Waals surface area (Å²) in [6, 6.07) is 9.73. The Kier molecular flexibility index (Phi) is 3.67. The van der Waals surface area contributed by atoms with Gasteiger partial charge in [0, 0.05) is 23.7 Å². The largest absolute Gasteiger partial charge is 0.411 e. The number of fused-ring (bicyclic) bond motifs is 2. The third kappa shape index (κ3) is 2.84. The zero-order valence-corrected chi connectivity index (χ0v) is 12.9. The molecular formula is C17H16N4O3. The van der Waals surface area contributed by atoms with Gasteiger partial charge >= 0.3 is 6.08 Å². The number of ether oxygens (including phenoxy) is 1. The second-order valence-electron chi connectivity index (χ2n) is 6.09. The van der Waals surface area contributed by atoms with Crippen LogP contribution in [0.4, 0.5) is 0 Å². The Morgan fingerprint density at radius 2 is 2.21 bits per heavy atom. The first-order valence-corrected chi connectivity index (χ1v) is 7.92. The second-order valence-corrected chi connectivity index (χ2v) is 6.09. The van der Waals surface area contributed by atoms with Crippen molar-refractivity contribution in [1.82, 2.24) is 15.6 Å². The van der Waals surface area contributed by atoms with Crippen molar-refractivity contribution in [2.24, 2.45) is 0 Å². The summed E-state index contributed by atoms with van der Waals surface area (Å²) < 4.78 is 10.4. The third-order valence-corrected chi connectivity index (χ3v) is 4.53. The van der Waals surface area contributed by atoms with Crippen molar-refractivity contribution >= 4 is 5.91 Å². The Bertz CT molecular complexity index is 793. The number of nitrogens with one attached hydrogen (secondary N) is 2. The number of oxazole rings is 1. The molecule has 2 fully saturated rings. The van der Waals surface area contributed by atoms with Crippen LogP contribution in [0, 0.1) is 11.3 Å². The van der Waals surface area contributed by atoms with Gasteiger partial charge in [0.1, 0.15) is 11.8 Å². The Hall–Kier alpha value is -2.85. The molecule has 0 saturated carbocycles. The van der Waals surface area contributed by atoms with E-state index in [-0.39, 0.29) is 23.8 Å². The molecule has 0 radical (unpaired) electrons. The fourth-order valence-corrected chi connectivity index (χ4v) is 3.37. The molecule has 2 saturated heterocycles. The number of nitriles is 1. The zero-order chi connectivity index (χ0) is 16.5. The summed E-state index contributed by atoms with van der Waals surface area (Å²) in [6.07, 6.45) is 4.63. The maximum Gasteiger partial charge on any atom is 0.400 e. The summed E-state index contributed by atoms with van der Waals surface area (Å²) in [5.41, 5.74) is 0.579. The van der Waals surface area contributed by atoms with Gasteiger partial charge in [0.15, 0.2) is 0 Å². The lowest BCUT2D eigenvalue weighted by Gasteiger charge is -2.21. The van der Waals surface area contributed by atoms with E-state index in [4.69, 9.17) is 14.4 Å². The van der Waals surface area contributed by atoms with Crippen molar-refractivity contribution in [3.8, 4) is 17.9 Å². The van der Waals surface area contributed by atoms with Crippen LogP contribution in [0.15, 0.2) is 34.9 Å². The predicted molar refractivity (Wildman–Crippen MR) is 83.6 cm³/mol. The standard InChI is InChI=1S/C17H16N4O3/c18-8-13-9-19-17(24-13)23-12-4-1-10(2-5-12)16(22)21-15-7-11-3-6-14(15)20-11/h1-2,4-5,9,11,14-15,20H,3,6-7H2,(H,21,22). The molecule has 2 aliphatic rings. The summed E-state index contributed by atoms with van der Waals surface area (Å²) in [7, 11) is 0. The van der Waals surface area contributed by atoms with Gasteiger partial charge in [-0.2, -0.15) is 10.2 Å². The van der Waals surface area contributed by atoms with Crippen LogP contribution in [0.25, 0.3) is 0 Å². The minimum Gasteiger partial charge on any atom is -0.411 e. The molecule has 122 valence electrons. The molecule has 3 heterocycles. The highest BCUT2D eigenvalue weighted by atomic mass is 16.6. The first-order chi connectivity index (χ1) is 11.7. The summed E-state index contributed by atoms with van der Waals surface area (Å²) in [5.74, 6) is 0.490. The molecular weight excluding hydrogens is 308 g/mol. The smallest absolute Gasteiger partial charge is 0.400 e. The van der Waals surface area contributed by atoms with Crippen molar-refractivity contribution in [1.29, 1.82) is 5.26 Å². The van der Waals surface area contributed by atoms with E-state index in [0.717, 1.165) is 12.8 Å². The first-order valence-electron chi connectivity index (χ1n) is 7.92. The van der Waals surface area contributed by atoms with E-state index in [0.29, 0.717) is 23.4 Å². The minimum atomic E-state index is -0.0798. The first kappa shape index (κ1) is 14.7. The minimum absolute atomic E-state index is 0.00296. The molecule has 3 unspecified atom stereocenters. The average Bonchev–Trinajstić information content (AvgIpc) is 3.32. The summed E-state index contributed by atoms with van der Waals surface area (Å²) >= 11 is 0. The number of aromatic nitrogens is 1. The lowest BCUT2D eigenvalue weighted by atomic mass is 9.95. The second kappa shape index (κ2) is 5.98. The van der Waals surface area contributed by atoms with Crippen LogP contribution in [0.2, 0.25) is 0 Å². The number of carbonyl (C=O) groups is 1. The van der Waals surface area contributed by atoms with E-state index in [9.17, 15) is 4.79 Å². The molecule has 0 aliphatic carbocycles. The van der Waals surface area contributed by atoms with E-state index in [1.165, 1.54) is 12.6 Å². The van der Waals surface area contributed by atoms with Crippen LogP contribution in [-0.4, -0.2) is 29.0 Å². The molecule has 2 bridgehead atoms.